The largest absolute Gasteiger partial charge is 0.375 e. The topological polar surface area (TPSA) is 21.7 Å². The average Bonchev–Trinajstić information content (AvgIpc) is 2.98. The van der Waals surface area contributed by atoms with Crippen LogP contribution in [0.25, 0.3) is 0 Å². The summed E-state index contributed by atoms with van der Waals surface area (Å²) in [5, 5.41) is 0. The molecule has 0 spiro atoms. The van der Waals surface area contributed by atoms with Gasteiger partial charge >= 0.3 is 0 Å². The molecular formula is C20H41NO2. The molecule has 0 aromatic rings. The van der Waals surface area contributed by atoms with Crippen molar-refractivity contribution in [1.82, 2.24) is 4.90 Å². The Morgan fingerprint density at radius 1 is 0.739 bits per heavy atom. The van der Waals surface area contributed by atoms with E-state index in [4.69, 9.17) is 9.47 Å². The maximum absolute atomic E-state index is 5.88. The van der Waals surface area contributed by atoms with Crippen LogP contribution < -0.4 is 0 Å². The molecule has 0 aliphatic carbocycles. The molecule has 3 nitrogen and oxygen atoms in total. The quantitative estimate of drug-likeness (QED) is 0.753. The first-order valence-corrected chi connectivity index (χ1v) is 9.73. The van der Waals surface area contributed by atoms with E-state index in [1.165, 1.54) is 12.8 Å². The van der Waals surface area contributed by atoms with E-state index in [9.17, 15) is 0 Å². The monoisotopic (exact) mass is 327 g/mol. The van der Waals surface area contributed by atoms with Gasteiger partial charge in [-0.25, -0.2) is 0 Å². The predicted octanol–water partition coefficient (Wildman–Crippen LogP) is 4.60. The zero-order valence-corrected chi connectivity index (χ0v) is 16.8. The highest BCUT2D eigenvalue weighted by Crippen LogP contribution is 2.28. The fraction of sp³-hybridized carbons (Fsp3) is 1.00. The molecule has 0 radical (unpaired) electrons. The molecule has 0 saturated carbocycles. The van der Waals surface area contributed by atoms with Gasteiger partial charge in [0.1, 0.15) is 0 Å². The normalized spacial score (nSPS) is 29.5. The molecule has 2 saturated heterocycles. The summed E-state index contributed by atoms with van der Waals surface area (Å²) < 4.78 is 11.6. The standard InChI is InChI=1S/C10H21NO.C10H20O/c1-8(2)10-7-11(9(3)4)5-6-12-10;1-7(2)9-5-6-10(11-9)8(3)4/h8-10H,5-7H2,1-4H3;7-10H,5-6H2,1-4H3. The summed E-state index contributed by atoms with van der Waals surface area (Å²) in [6.07, 6.45) is 4.03. The number of ether oxygens (including phenoxy) is 2. The van der Waals surface area contributed by atoms with Gasteiger partial charge in [-0.15, -0.1) is 0 Å². The zero-order valence-electron chi connectivity index (χ0n) is 16.8. The van der Waals surface area contributed by atoms with Crippen molar-refractivity contribution >= 4 is 0 Å². The van der Waals surface area contributed by atoms with Crippen LogP contribution in [-0.2, 0) is 9.47 Å². The summed E-state index contributed by atoms with van der Waals surface area (Å²) in [4.78, 5) is 2.49. The Morgan fingerprint density at radius 2 is 1.22 bits per heavy atom. The smallest absolute Gasteiger partial charge is 0.0725 e. The summed E-state index contributed by atoms with van der Waals surface area (Å²) in [6.45, 7) is 21.0. The highest BCUT2D eigenvalue weighted by Gasteiger charge is 2.28. The molecule has 3 heteroatoms. The lowest BCUT2D eigenvalue weighted by molar-refractivity contribution is -0.0591. The lowest BCUT2D eigenvalue weighted by Gasteiger charge is -2.37. The van der Waals surface area contributed by atoms with Gasteiger partial charge in [-0.05, 0) is 44.4 Å². The summed E-state index contributed by atoms with van der Waals surface area (Å²) in [5.41, 5.74) is 0. The minimum absolute atomic E-state index is 0.446. The molecule has 2 aliphatic heterocycles. The second-order valence-electron chi connectivity index (χ2n) is 8.52. The van der Waals surface area contributed by atoms with Crippen LogP contribution in [0.15, 0.2) is 0 Å². The zero-order chi connectivity index (χ0) is 17.6. The third-order valence-electron chi connectivity index (χ3n) is 5.17. The molecule has 2 aliphatic rings. The van der Waals surface area contributed by atoms with Crippen LogP contribution in [-0.4, -0.2) is 49.0 Å². The van der Waals surface area contributed by atoms with Gasteiger partial charge in [0.25, 0.3) is 0 Å². The van der Waals surface area contributed by atoms with Crippen molar-refractivity contribution in [2.75, 3.05) is 19.7 Å². The second-order valence-corrected chi connectivity index (χ2v) is 8.52. The minimum Gasteiger partial charge on any atom is -0.375 e. The van der Waals surface area contributed by atoms with E-state index in [0.717, 1.165) is 19.7 Å². The van der Waals surface area contributed by atoms with Gasteiger partial charge in [0, 0.05) is 19.1 Å². The molecule has 3 unspecified atom stereocenters. The molecule has 2 heterocycles. The van der Waals surface area contributed by atoms with Crippen molar-refractivity contribution in [3.8, 4) is 0 Å². The SMILES string of the molecule is CC(C)C1CCC(C(C)C)O1.CC(C)C1CN(C(C)C)CCO1. The minimum atomic E-state index is 0.446. The predicted molar refractivity (Wildman–Crippen MR) is 98.9 cm³/mol. The number of hydrogen-bond acceptors (Lipinski definition) is 3. The lowest BCUT2D eigenvalue weighted by Crippen LogP contribution is -2.47. The van der Waals surface area contributed by atoms with Crippen LogP contribution in [0.4, 0.5) is 0 Å². The Labute approximate surface area is 145 Å². The Kier molecular flexibility index (Phi) is 9.10. The lowest BCUT2D eigenvalue weighted by atomic mass is 10.0. The molecule has 0 aromatic heterocycles. The molecule has 0 amide bonds. The van der Waals surface area contributed by atoms with E-state index in [2.05, 4.69) is 60.3 Å². The highest BCUT2D eigenvalue weighted by atomic mass is 16.5. The molecule has 0 N–H and O–H groups in total. The van der Waals surface area contributed by atoms with Gasteiger partial charge in [0.05, 0.1) is 24.9 Å². The van der Waals surface area contributed by atoms with Gasteiger partial charge in [-0.3, -0.25) is 4.90 Å². The van der Waals surface area contributed by atoms with Gasteiger partial charge in [0.15, 0.2) is 0 Å². The number of hydrogen-bond donors (Lipinski definition) is 0. The first-order valence-electron chi connectivity index (χ1n) is 9.73. The Hall–Kier alpha value is -0.120. The van der Waals surface area contributed by atoms with Crippen molar-refractivity contribution in [1.29, 1.82) is 0 Å². The Bertz CT molecular complexity index is 287. The summed E-state index contributed by atoms with van der Waals surface area (Å²) in [7, 11) is 0. The van der Waals surface area contributed by atoms with Crippen molar-refractivity contribution in [3.63, 3.8) is 0 Å². The van der Waals surface area contributed by atoms with E-state index in [1.807, 2.05) is 0 Å². The van der Waals surface area contributed by atoms with E-state index in [0.29, 0.717) is 42.1 Å². The van der Waals surface area contributed by atoms with Crippen LogP contribution in [0.2, 0.25) is 0 Å². The van der Waals surface area contributed by atoms with Gasteiger partial charge in [-0.2, -0.15) is 0 Å². The van der Waals surface area contributed by atoms with Crippen molar-refractivity contribution in [2.45, 2.75) is 92.6 Å². The fourth-order valence-corrected chi connectivity index (χ4v) is 3.24. The number of nitrogens with zero attached hydrogens (tertiary/aromatic N) is 1. The first-order chi connectivity index (χ1) is 10.7. The molecular weight excluding hydrogens is 286 g/mol. The van der Waals surface area contributed by atoms with Crippen molar-refractivity contribution in [2.24, 2.45) is 17.8 Å². The van der Waals surface area contributed by atoms with Crippen LogP contribution in [0.3, 0.4) is 0 Å². The van der Waals surface area contributed by atoms with Crippen LogP contribution in [0.1, 0.15) is 68.2 Å². The average molecular weight is 328 g/mol. The van der Waals surface area contributed by atoms with Crippen LogP contribution >= 0.6 is 0 Å². The molecule has 2 fully saturated rings. The maximum atomic E-state index is 5.88. The number of rotatable bonds is 4. The van der Waals surface area contributed by atoms with Crippen LogP contribution in [0.5, 0.6) is 0 Å². The highest BCUT2D eigenvalue weighted by molar-refractivity contribution is 4.77. The molecule has 3 atom stereocenters. The van der Waals surface area contributed by atoms with Crippen molar-refractivity contribution in [3.05, 3.63) is 0 Å². The molecule has 138 valence electrons. The first kappa shape index (κ1) is 20.9. The third-order valence-corrected chi connectivity index (χ3v) is 5.17. The summed E-state index contributed by atoms with van der Waals surface area (Å²) in [5.74, 6) is 2.03. The van der Waals surface area contributed by atoms with Gasteiger partial charge in [-0.1, -0.05) is 41.5 Å². The Balaban J connectivity index is 0.000000231. The Morgan fingerprint density at radius 3 is 1.57 bits per heavy atom. The molecule has 23 heavy (non-hydrogen) atoms. The van der Waals surface area contributed by atoms with Gasteiger partial charge < -0.3 is 9.47 Å². The van der Waals surface area contributed by atoms with E-state index in [1.54, 1.807) is 0 Å². The number of morpholine rings is 1. The van der Waals surface area contributed by atoms with Crippen LogP contribution in [0, 0.1) is 17.8 Å². The van der Waals surface area contributed by atoms with E-state index in [-0.39, 0.29) is 0 Å². The third kappa shape index (κ3) is 7.11. The molecule has 0 bridgehead atoms. The maximum Gasteiger partial charge on any atom is 0.0725 e. The summed E-state index contributed by atoms with van der Waals surface area (Å²) >= 11 is 0. The molecule has 2 rings (SSSR count). The molecule has 0 aromatic carbocycles. The fourth-order valence-electron chi connectivity index (χ4n) is 3.24. The summed E-state index contributed by atoms with van der Waals surface area (Å²) in [6, 6.07) is 0.662. The van der Waals surface area contributed by atoms with Crippen molar-refractivity contribution < 1.29 is 9.47 Å². The van der Waals surface area contributed by atoms with Gasteiger partial charge in [0.2, 0.25) is 0 Å². The van der Waals surface area contributed by atoms with E-state index >= 15 is 0 Å². The van der Waals surface area contributed by atoms with E-state index < -0.39 is 0 Å². The second kappa shape index (κ2) is 10.0.